The van der Waals surface area contributed by atoms with Gasteiger partial charge < -0.3 is 9.30 Å². The van der Waals surface area contributed by atoms with E-state index in [1.807, 2.05) is 32.2 Å². The van der Waals surface area contributed by atoms with Gasteiger partial charge in [-0.15, -0.1) is 0 Å². The second-order valence-electron chi connectivity index (χ2n) is 4.55. The quantitative estimate of drug-likeness (QED) is 0.705. The molecule has 4 nitrogen and oxygen atoms in total. The number of rotatable bonds is 2. The molecule has 19 heavy (non-hydrogen) atoms. The van der Waals surface area contributed by atoms with Crippen LogP contribution < -0.4 is 4.74 Å². The second kappa shape index (κ2) is 4.39. The molecule has 0 aliphatic carbocycles. The minimum atomic E-state index is 0.405. The van der Waals surface area contributed by atoms with Crippen molar-refractivity contribution in [1.29, 1.82) is 0 Å². The molecule has 0 atom stereocenters. The standard InChI is InChI=1S/C15H15N3O/c1-10-8-13(17-15(16-10)19-3)12-9-18(2)14-7-5-4-6-11(12)14/h4-9H,1-3H3. The van der Waals surface area contributed by atoms with Gasteiger partial charge in [0, 0.05) is 35.4 Å². The number of para-hydroxylation sites is 1. The van der Waals surface area contributed by atoms with Crippen LogP contribution in [0.2, 0.25) is 0 Å². The van der Waals surface area contributed by atoms with E-state index in [1.54, 1.807) is 7.11 Å². The summed E-state index contributed by atoms with van der Waals surface area (Å²) in [5, 5.41) is 1.19. The van der Waals surface area contributed by atoms with E-state index in [0.717, 1.165) is 17.0 Å². The fourth-order valence-corrected chi connectivity index (χ4v) is 2.32. The molecule has 0 aliphatic heterocycles. The zero-order valence-corrected chi connectivity index (χ0v) is 11.2. The Bertz CT molecular complexity index is 746. The summed E-state index contributed by atoms with van der Waals surface area (Å²) in [7, 11) is 3.62. The first kappa shape index (κ1) is 11.7. The lowest BCUT2D eigenvalue weighted by molar-refractivity contribution is 0.379. The first-order valence-corrected chi connectivity index (χ1v) is 6.13. The summed E-state index contributed by atoms with van der Waals surface area (Å²) in [6.45, 7) is 1.94. The van der Waals surface area contributed by atoms with E-state index in [0.29, 0.717) is 6.01 Å². The smallest absolute Gasteiger partial charge is 0.316 e. The van der Waals surface area contributed by atoms with E-state index < -0.39 is 0 Å². The van der Waals surface area contributed by atoms with Gasteiger partial charge in [-0.25, -0.2) is 4.98 Å². The van der Waals surface area contributed by atoms with Gasteiger partial charge in [-0.1, -0.05) is 18.2 Å². The lowest BCUT2D eigenvalue weighted by Crippen LogP contribution is -1.95. The predicted octanol–water partition coefficient (Wildman–Crippen LogP) is 2.95. The van der Waals surface area contributed by atoms with Crippen molar-refractivity contribution in [3.8, 4) is 17.3 Å². The van der Waals surface area contributed by atoms with Crippen LogP contribution >= 0.6 is 0 Å². The highest BCUT2D eigenvalue weighted by molar-refractivity contribution is 5.95. The average molecular weight is 253 g/mol. The number of aromatic nitrogens is 3. The van der Waals surface area contributed by atoms with Crippen LogP contribution in [0.3, 0.4) is 0 Å². The molecule has 0 radical (unpaired) electrons. The number of benzene rings is 1. The molecule has 0 fully saturated rings. The van der Waals surface area contributed by atoms with Crippen LogP contribution in [-0.4, -0.2) is 21.6 Å². The normalized spacial score (nSPS) is 10.9. The highest BCUT2D eigenvalue weighted by Gasteiger charge is 2.11. The molecule has 4 heteroatoms. The first-order valence-electron chi connectivity index (χ1n) is 6.13. The largest absolute Gasteiger partial charge is 0.467 e. The van der Waals surface area contributed by atoms with Gasteiger partial charge in [0.15, 0.2) is 0 Å². The predicted molar refractivity (Wildman–Crippen MR) is 75.2 cm³/mol. The summed E-state index contributed by atoms with van der Waals surface area (Å²) in [4.78, 5) is 8.66. The van der Waals surface area contributed by atoms with E-state index in [4.69, 9.17) is 4.74 Å². The topological polar surface area (TPSA) is 39.9 Å². The molecular weight excluding hydrogens is 238 g/mol. The summed E-state index contributed by atoms with van der Waals surface area (Å²) in [6, 6.07) is 10.7. The minimum absolute atomic E-state index is 0.405. The van der Waals surface area contributed by atoms with Crippen molar-refractivity contribution >= 4 is 10.9 Å². The molecule has 0 unspecified atom stereocenters. The van der Waals surface area contributed by atoms with Gasteiger partial charge in [0.1, 0.15) is 0 Å². The molecule has 3 aromatic rings. The third-order valence-electron chi connectivity index (χ3n) is 3.19. The zero-order chi connectivity index (χ0) is 13.4. The van der Waals surface area contributed by atoms with E-state index in [1.165, 1.54) is 10.9 Å². The zero-order valence-electron chi connectivity index (χ0n) is 11.2. The summed E-state index contributed by atoms with van der Waals surface area (Å²) >= 11 is 0. The Hall–Kier alpha value is -2.36. The first-order chi connectivity index (χ1) is 9.19. The van der Waals surface area contributed by atoms with Crippen LogP contribution in [0.4, 0.5) is 0 Å². The highest BCUT2D eigenvalue weighted by atomic mass is 16.5. The van der Waals surface area contributed by atoms with Gasteiger partial charge in [-0.2, -0.15) is 4.98 Å². The number of hydrogen-bond donors (Lipinski definition) is 0. The van der Waals surface area contributed by atoms with Gasteiger partial charge in [0.25, 0.3) is 0 Å². The number of fused-ring (bicyclic) bond motifs is 1. The Kier molecular flexibility index (Phi) is 2.71. The van der Waals surface area contributed by atoms with Gasteiger partial charge in [-0.05, 0) is 19.1 Å². The van der Waals surface area contributed by atoms with E-state index in [9.17, 15) is 0 Å². The highest BCUT2D eigenvalue weighted by Crippen LogP contribution is 2.29. The molecule has 3 rings (SSSR count). The van der Waals surface area contributed by atoms with Crippen LogP contribution in [0, 0.1) is 6.92 Å². The Morgan fingerprint density at radius 2 is 1.95 bits per heavy atom. The Morgan fingerprint density at radius 1 is 1.16 bits per heavy atom. The second-order valence-corrected chi connectivity index (χ2v) is 4.55. The van der Waals surface area contributed by atoms with Crippen molar-refractivity contribution in [2.45, 2.75) is 6.92 Å². The van der Waals surface area contributed by atoms with Crippen molar-refractivity contribution in [3.63, 3.8) is 0 Å². The molecule has 0 amide bonds. The van der Waals surface area contributed by atoms with E-state index in [-0.39, 0.29) is 0 Å². The Labute approximate surface area is 111 Å². The molecule has 96 valence electrons. The minimum Gasteiger partial charge on any atom is -0.467 e. The Morgan fingerprint density at radius 3 is 2.74 bits per heavy atom. The summed E-state index contributed by atoms with van der Waals surface area (Å²) in [5.74, 6) is 0. The van der Waals surface area contributed by atoms with Crippen molar-refractivity contribution in [2.24, 2.45) is 7.05 Å². The molecule has 0 N–H and O–H groups in total. The van der Waals surface area contributed by atoms with Crippen LogP contribution in [0.25, 0.3) is 22.2 Å². The Balaban J connectivity index is 2.27. The van der Waals surface area contributed by atoms with Crippen LogP contribution in [-0.2, 0) is 7.05 Å². The summed E-state index contributed by atoms with van der Waals surface area (Å²) in [5.41, 5.74) is 4.07. The fourth-order valence-electron chi connectivity index (χ4n) is 2.32. The summed E-state index contributed by atoms with van der Waals surface area (Å²) < 4.78 is 7.25. The lowest BCUT2D eigenvalue weighted by Gasteiger charge is -2.03. The molecule has 0 saturated heterocycles. The number of nitrogens with zero attached hydrogens (tertiary/aromatic N) is 3. The van der Waals surface area contributed by atoms with Crippen molar-refractivity contribution in [2.75, 3.05) is 7.11 Å². The van der Waals surface area contributed by atoms with Gasteiger partial charge in [0.05, 0.1) is 12.8 Å². The monoisotopic (exact) mass is 253 g/mol. The molecule has 1 aromatic carbocycles. The molecule has 2 aromatic heterocycles. The van der Waals surface area contributed by atoms with Crippen LogP contribution in [0.15, 0.2) is 36.5 Å². The lowest BCUT2D eigenvalue weighted by atomic mass is 10.1. The number of methoxy groups -OCH3 is 1. The molecule has 2 heterocycles. The summed E-state index contributed by atoms with van der Waals surface area (Å²) in [6.07, 6.45) is 2.09. The van der Waals surface area contributed by atoms with Crippen molar-refractivity contribution in [3.05, 3.63) is 42.2 Å². The maximum Gasteiger partial charge on any atom is 0.316 e. The number of aryl methyl sites for hydroxylation is 2. The van der Waals surface area contributed by atoms with E-state index >= 15 is 0 Å². The average Bonchev–Trinajstić information content (AvgIpc) is 2.76. The SMILES string of the molecule is COc1nc(C)cc(-c2cn(C)c3ccccc23)n1. The molecule has 0 spiro atoms. The maximum absolute atomic E-state index is 5.15. The van der Waals surface area contributed by atoms with E-state index in [2.05, 4.69) is 32.9 Å². The number of ether oxygens (including phenoxy) is 1. The molecular formula is C15H15N3O. The van der Waals surface area contributed by atoms with Crippen molar-refractivity contribution in [1.82, 2.24) is 14.5 Å². The van der Waals surface area contributed by atoms with Crippen molar-refractivity contribution < 1.29 is 4.74 Å². The molecule has 0 bridgehead atoms. The van der Waals surface area contributed by atoms with Gasteiger partial charge >= 0.3 is 6.01 Å². The fraction of sp³-hybridized carbons (Fsp3) is 0.200. The molecule has 0 saturated carbocycles. The third kappa shape index (κ3) is 1.95. The van der Waals surface area contributed by atoms with Gasteiger partial charge in [-0.3, -0.25) is 0 Å². The van der Waals surface area contributed by atoms with Gasteiger partial charge in [0.2, 0.25) is 0 Å². The maximum atomic E-state index is 5.15. The van der Waals surface area contributed by atoms with Crippen LogP contribution in [0.1, 0.15) is 5.69 Å². The number of hydrogen-bond acceptors (Lipinski definition) is 3. The molecule has 0 aliphatic rings. The van der Waals surface area contributed by atoms with Crippen LogP contribution in [0.5, 0.6) is 6.01 Å². The third-order valence-corrected chi connectivity index (χ3v) is 3.19.